The maximum absolute atomic E-state index is 13.1. The second-order valence-electron chi connectivity index (χ2n) is 8.49. The van der Waals surface area contributed by atoms with Gasteiger partial charge in [-0.1, -0.05) is 48.2 Å². The lowest BCUT2D eigenvalue weighted by Crippen LogP contribution is -2.48. The van der Waals surface area contributed by atoms with Gasteiger partial charge in [0.05, 0.1) is 11.4 Å². The summed E-state index contributed by atoms with van der Waals surface area (Å²) in [5, 5.41) is 9.73. The molecule has 1 aromatic heterocycles. The van der Waals surface area contributed by atoms with Gasteiger partial charge in [0.2, 0.25) is 5.91 Å². The molecule has 2 atom stereocenters. The number of piperidine rings is 1. The maximum Gasteiger partial charge on any atom is 0.233 e. The molecule has 1 amide bonds. The van der Waals surface area contributed by atoms with E-state index in [2.05, 4.69) is 65.6 Å². The molecule has 0 N–H and O–H groups in total. The highest BCUT2D eigenvalue weighted by Crippen LogP contribution is 2.30. The first-order valence-corrected chi connectivity index (χ1v) is 12.0. The Morgan fingerprint density at radius 3 is 2.39 bits per heavy atom. The topological polar surface area (TPSA) is 51.0 Å². The molecule has 5 nitrogen and oxygen atoms in total. The quantitative estimate of drug-likeness (QED) is 0.502. The Bertz CT molecular complexity index is 1050. The molecule has 162 valence electrons. The molecule has 0 aliphatic carbocycles. The predicted octanol–water partition coefficient (Wildman–Crippen LogP) is 5.43. The number of hydrogen-bond donors (Lipinski definition) is 0. The summed E-state index contributed by atoms with van der Waals surface area (Å²) in [5.74, 6) is 1.34. The molecule has 1 aliphatic heterocycles. The number of aryl methyl sites for hydroxylation is 2. The normalized spacial score (nSPS) is 18.9. The van der Waals surface area contributed by atoms with Gasteiger partial charge in [-0.3, -0.25) is 9.36 Å². The zero-order valence-corrected chi connectivity index (χ0v) is 19.5. The van der Waals surface area contributed by atoms with Gasteiger partial charge in [0.1, 0.15) is 0 Å². The van der Waals surface area contributed by atoms with Crippen molar-refractivity contribution in [1.82, 2.24) is 19.7 Å². The largest absolute Gasteiger partial charge is 0.337 e. The molecule has 2 aromatic carbocycles. The van der Waals surface area contributed by atoms with E-state index >= 15 is 0 Å². The standard InChI is InChI=1S/C25H30N4OS/c1-17-13-14-22(15-18(17)2)29-24(21-11-6-5-7-12-21)26-27-25(29)31-16-23(30)28-19(3)9-8-10-20(28)4/h5-7,11-15,19-20H,8-10,16H2,1-4H3/t19-,20-/m0/s1. The molecule has 0 bridgehead atoms. The average molecular weight is 435 g/mol. The van der Waals surface area contributed by atoms with Crippen LogP contribution in [0.3, 0.4) is 0 Å². The summed E-state index contributed by atoms with van der Waals surface area (Å²) < 4.78 is 2.07. The van der Waals surface area contributed by atoms with E-state index in [0.29, 0.717) is 17.8 Å². The van der Waals surface area contributed by atoms with Crippen LogP contribution < -0.4 is 0 Å². The van der Waals surface area contributed by atoms with Gasteiger partial charge in [0.25, 0.3) is 0 Å². The van der Waals surface area contributed by atoms with Crippen LogP contribution in [0, 0.1) is 13.8 Å². The Morgan fingerprint density at radius 2 is 1.71 bits per heavy atom. The Kier molecular flexibility index (Phi) is 6.46. The molecule has 2 heterocycles. The molecule has 4 rings (SSSR count). The second kappa shape index (κ2) is 9.27. The first-order chi connectivity index (χ1) is 15.0. The number of rotatable bonds is 5. The molecular formula is C25H30N4OS. The monoisotopic (exact) mass is 434 g/mol. The maximum atomic E-state index is 13.1. The second-order valence-corrected chi connectivity index (χ2v) is 9.44. The molecule has 31 heavy (non-hydrogen) atoms. The van der Waals surface area contributed by atoms with Crippen LogP contribution in [0.2, 0.25) is 0 Å². The first kappa shape index (κ1) is 21.6. The van der Waals surface area contributed by atoms with Crippen LogP contribution in [0.25, 0.3) is 17.1 Å². The van der Waals surface area contributed by atoms with E-state index in [0.717, 1.165) is 35.1 Å². The Labute approximate surface area is 188 Å². The molecule has 1 saturated heterocycles. The number of carbonyl (C=O) groups excluding carboxylic acids is 1. The van der Waals surface area contributed by atoms with E-state index < -0.39 is 0 Å². The van der Waals surface area contributed by atoms with Crippen LogP contribution in [0.15, 0.2) is 53.7 Å². The van der Waals surface area contributed by atoms with Crippen molar-refractivity contribution in [1.29, 1.82) is 0 Å². The van der Waals surface area contributed by atoms with E-state index in [4.69, 9.17) is 0 Å². The zero-order chi connectivity index (χ0) is 22.0. The first-order valence-electron chi connectivity index (χ1n) is 11.0. The summed E-state index contributed by atoms with van der Waals surface area (Å²) in [4.78, 5) is 15.1. The summed E-state index contributed by atoms with van der Waals surface area (Å²) in [6.45, 7) is 8.53. The van der Waals surface area contributed by atoms with Gasteiger partial charge >= 0.3 is 0 Å². The van der Waals surface area contributed by atoms with Gasteiger partial charge in [0, 0.05) is 17.6 Å². The van der Waals surface area contributed by atoms with Crippen molar-refractivity contribution in [2.24, 2.45) is 0 Å². The number of hydrogen-bond acceptors (Lipinski definition) is 4. The minimum atomic E-state index is 0.181. The summed E-state index contributed by atoms with van der Waals surface area (Å²) in [6, 6.07) is 17.1. The van der Waals surface area contributed by atoms with Crippen molar-refractivity contribution >= 4 is 17.7 Å². The fourth-order valence-electron chi connectivity index (χ4n) is 4.35. The van der Waals surface area contributed by atoms with E-state index in [1.165, 1.54) is 29.3 Å². The predicted molar refractivity (Wildman–Crippen MR) is 127 cm³/mol. The van der Waals surface area contributed by atoms with E-state index in [-0.39, 0.29) is 5.91 Å². The van der Waals surface area contributed by atoms with Crippen LogP contribution in [-0.4, -0.2) is 43.4 Å². The lowest BCUT2D eigenvalue weighted by molar-refractivity contribution is -0.134. The van der Waals surface area contributed by atoms with Gasteiger partial charge in [-0.25, -0.2) is 0 Å². The van der Waals surface area contributed by atoms with Gasteiger partial charge in [-0.05, 0) is 70.2 Å². The van der Waals surface area contributed by atoms with E-state index in [9.17, 15) is 4.79 Å². The SMILES string of the molecule is Cc1ccc(-n2c(SCC(=O)N3[C@@H](C)CCC[C@@H]3C)nnc2-c2ccccc2)cc1C. The van der Waals surface area contributed by atoms with E-state index in [1.807, 2.05) is 30.3 Å². The number of thioether (sulfide) groups is 1. The molecule has 0 unspecified atom stereocenters. The third-order valence-electron chi connectivity index (χ3n) is 6.22. The molecule has 0 spiro atoms. The van der Waals surface area contributed by atoms with Crippen LogP contribution in [-0.2, 0) is 4.79 Å². The fourth-order valence-corrected chi connectivity index (χ4v) is 5.17. The van der Waals surface area contributed by atoms with Gasteiger partial charge in [-0.2, -0.15) is 0 Å². The molecule has 1 fully saturated rings. The third kappa shape index (κ3) is 4.54. The zero-order valence-electron chi connectivity index (χ0n) is 18.7. The molecule has 0 saturated carbocycles. The van der Waals surface area contributed by atoms with Gasteiger partial charge < -0.3 is 4.90 Å². The number of likely N-dealkylation sites (tertiary alicyclic amines) is 1. The molecule has 6 heteroatoms. The summed E-state index contributed by atoms with van der Waals surface area (Å²) in [7, 11) is 0. The highest BCUT2D eigenvalue weighted by molar-refractivity contribution is 7.99. The lowest BCUT2D eigenvalue weighted by Gasteiger charge is -2.39. The smallest absolute Gasteiger partial charge is 0.233 e. The fraction of sp³-hybridized carbons (Fsp3) is 0.400. The average Bonchev–Trinajstić information content (AvgIpc) is 3.18. The minimum absolute atomic E-state index is 0.181. The number of benzene rings is 2. The number of aromatic nitrogens is 3. The van der Waals surface area contributed by atoms with Gasteiger partial charge in [0.15, 0.2) is 11.0 Å². The highest BCUT2D eigenvalue weighted by atomic mass is 32.2. The van der Waals surface area contributed by atoms with Crippen molar-refractivity contribution in [2.75, 3.05) is 5.75 Å². The van der Waals surface area contributed by atoms with Crippen LogP contribution in [0.5, 0.6) is 0 Å². The summed E-state index contributed by atoms with van der Waals surface area (Å²) >= 11 is 1.47. The van der Waals surface area contributed by atoms with Gasteiger partial charge in [-0.15, -0.1) is 10.2 Å². The van der Waals surface area contributed by atoms with E-state index in [1.54, 1.807) is 0 Å². The van der Waals surface area contributed by atoms with Crippen LogP contribution in [0.4, 0.5) is 0 Å². The van der Waals surface area contributed by atoms with Crippen molar-refractivity contribution in [3.8, 4) is 17.1 Å². The Balaban J connectivity index is 1.65. The number of carbonyl (C=O) groups is 1. The van der Waals surface area contributed by atoms with Crippen molar-refractivity contribution in [3.63, 3.8) is 0 Å². The van der Waals surface area contributed by atoms with Crippen molar-refractivity contribution in [2.45, 2.75) is 64.2 Å². The highest BCUT2D eigenvalue weighted by Gasteiger charge is 2.29. The lowest BCUT2D eigenvalue weighted by atomic mass is 9.98. The van der Waals surface area contributed by atoms with Crippen LogP contribution >= 0.6 is 11.8 Å². The number of nitrogens with zero attached hydrogens (tertiary/aromatic N) is 4. The van der Waals surface area contributed by atoms with Crippen molar-refractivity contribution in [3.05, 3.63) is 59.7 Å². The third-order valence-corrected chi connectivity index (χ3v) is 7.13. The Morgan fingerprint density at radius 1 is 1.00 bits per heavy atom. The summed E-state index contributed by atoms with van der Waals surface area (Å²) in [5.41, 5.74) is 4.48. The molecular weight excluding hydrogens is 404 g/mol. The minimum Gasteiger partial charge on any atom is -0.337 e. The molecule has 1 aliphatic rings. The van der Waals surface area contributed by atoms with Crippen LogP contribution in [0.1, 0.15) is 44.2 Å². The summed E-state index contributed by atoms with van der Waals surface area (Å²) in [6.07, 6.45) is 3.36. The number of amides is 1. The molecule has 0 radical (unpaired) electrons. The Hall–Kier alpha value is -2.60. The van der Waals surface area contributed by atoms with Crippen molar-refractivity contribution < 1.29 is 4.79 Å². The molecule has 3 aromatic rings.